The number of thiazole rings is 1. The fraction of sp³-hybridized carbons (Fsp3) is 0.400. The van der Waals surface area contributed by atoms with Gasteiger partial charge in [-0.3, -0.25) is 9.89 Å². The number of unbranched alkanes of at least 4 members (excludes halogenated alkanes) is 1. The lowest BCUT2D eigenvalue weighted by Crippen LogP contribution is -2.46. The lowest BCUT2D eigenvalue weighted by Gasteiger charge is -2.34. The van der Waals surface area contributed by atoms with Crippen molar-refractivity contribution in [1.82, 2.24) is 25.5 Å². The summed E-state index contributed by atoms with van der Waals surface area (Å²) < 4.78 is 0. The number of nitrogens with zero attached hydrogens (tertiary/aromatic N) is 4. The van der Waals surface area contributed by atoms with Gasteiger partial charge in [0.2, 0.25) is 0 Å². The summed E-state index contributed by atoms with van der Waals surface area (Å²) in [5.41, 5.74) is 2.38. The molecule has 3 N–H and O–H groups in total. The van der Waals surface area contributed by atoms with Crippen LogP contribution < -0.4 is 15.1 Å². The summed E-state index contributed by atoms with van der Waals surface area (Å²) in [6.45, 7) is 5.71. The van der Waals surface area contributed by atoms with Crippen LogP contribution in [0.2, 0.25) is 0 Å². The number of para-hydroxylation sites is 1. The molecule has 0 saturated carbocycles. The molecule has 0 aliphatic carbocycles. The Hall–Kier alpha value is -3.33. The van der Waals surface area contributed by atoms with E-state index >= 15 is 0 Å². The zero-order valence-electron chi connectivity index (χ0n) is 19.5. The lowest BCUT2D eigenvalue weighted by molar-refractivity contribution is 0.0938. The van der Waals surface area contributed by atoms with E-state index in [9.17, 15) is 4.79 Å². The van der Waals surface area contributed by atoms with Crippen molar-refractivity contribution < 1.29 is 4.79 Å². The molecule has 1 atom stereocenters. The zero-order valence-corrected chi connectivity index (χ0v) is 20.3. The van der Waals surface area contributed by atoms with Gasteiger partial charge in [0.15, 0.2) is 5.13 Å². The molecule has 8 nitrogen and oxygen atoms in total. The molecule has 3 aromatic heterocycles. The quantitative estimate of drug-likeness (QED) is 0.336. The second-order valence-corrected chi connectivity index (χ2v) is 9.81. The lowest BCUT2D eigenvalue weighted by atomic mass is 10.0. The minimum absolute atomic E-state index is 0.0270. The first-order chi connectivity index (χ1) is 16.7. The van der Waals surface area contributed by atoms with E-state index in [-0.39, 0.29) is 11.9 Å². The van der Waals surface area contributed by atoms with E-state index in [1.165, 1.54) is 22.3 Å². The highest BCUT2D eigenvalue weighted by molar-refractivity contribution is 7.17. The van der Waals surface area contributed by atoms with Crippen molar-refractivity contribution >= 4 is 39.1 Å². The Morgan fingerprint density at radius 3 is 2.79 bits per heavy atom. The first kappa shape index (κ1) is 22.5. The van der Waals surface area contributed by atoms with Gasteiger partial charge in [-0.25, -0.2) is 4.98 Å². The molecule has 4 aromatic rings. The van der Waals surface area contributed by atoms with Crippen molar-refractivity contribution in [3.63, 3.8) is 0 Å². The molecular weight excluding hydrogens is 446 g/mol. The third kappa shape index (κ3) is 4.94. The van der Waals surface area contributed by atoms with Gasteiger partial charge in [-0.05, 0) is 24.5 Å². The number of hydrogen-bond acceptors (Lipinski definition) is 6. The van der Waals surface area contributed by atoms with Gasteiger partial charge in [0.05, 0.1) is 12.4 Å². The minimum Gasteiger partial charge on any atom is -0.361 e. The SMILES string of the molecule is CCCCC(Cc1c[nH]c2ccccc12)NC(=O)c1cnc(N2CCN(c3ccn[nH]3)CC2)s1. The van der Waals surface area contributed by atoms with Crippen LogP contribution in [0.5, 0.6) is 0 Å². The second-order valence-electron chi connectivity index (χ2n) is 8.80. The monoisotopic (exact) mass is 477 g/mol. The third-order valence-electron chi connectivity index (χ3n) is 6.48. The predicted molar refractivity (Wildman–Crippen MR) is 138 cm³/mol. The Labute approximate surface area is 203 Å². The number of carbonyl (C=O) groups excluding carboxylic acids is 1. The second kappa shape index (κ2) is 10.3. The maximum atomic E-state index is 13.1. The number of benzene rings is 1. The van der Waals surface area contributed by atoms with Crippen molar-refractivity contribution in [2.45, 2.75) is 38.6 Å². The number of H-pyrrole nitrogens is 2. The van der Waals surface area contributed by atoms with Crippen LogP contribution in [0.4, 0.5) is 10.9 Å². The number of amides is 1. The van der Waals surface area contributed by atoms with Crippen LogP contribution in [-0.4, -0.2) is 58.3 Å². The molecule has 0 spiro atoms. The summed E-state index contributed by atoms with van der Waals surface area (Å²) in [5.74, 6) is 1.02. The van der Waals surface area contributed by atoms with E-state index < -0.39 is 0 Å². The fourth-order valence-electron chi connectivity index (χ4n) is 4.58. The molecule has 1 aromatic carbocycles. The molecule has 9 heteroatoms. The number of piperazine rings is 1. The summed E-state index contributed by atoms with van der Waals surface area (Å²) in [6, 6.07) is 10.4. The van der Waals surface area contributed by atoms with Crippen molar-refractivity contribution in [3.8, 4) is 0 Å². The molecule has 1 saturated heterocycles. The van der Waals surface area contributed by atoms with Crippen molar-refractivity contribution in [2.75, 3.05) is 36.0 Å². The van der Waals surface area contributed by atoms with E-state index in [4.69, 9.17) is 0 Å². The number of aromatic nitrogens is 4. The van der Waals surface area contributed by atoms with Gasteiger partial charge in [0.1, 0.15) is 10.7 Å². The van der Waals surface area contributed by atoms with Crippen molar-refractivity contribution in [3.05, 3.63) is 59.4 Å². The molecule has 0 bridgehead atoms. The van der Waals surface area contributed by atoms with Gasteiger partial charge >= 0.3 is 0 Å². The number of fused-ring (bicyclic) bond motifs is 1. The average molecular weight is 478 g/mol. The Balaban J connectivity index is 1.22. The molecule has 1 aliphatic rings. The molecular formula is C25H31N7OS. The normalized spacial score (nSPS) is 15.1. The highest BCUT2D eigenvalue weighted by Crippen LogP contribution is 2.25. The molecule has 1 amide bonds. The Morgan fingerprint density at radius 1 is 1.18 bits per heavy atom. The van der Waals surface area contributed by atoms with Crippen LogP contribution in [0.25, 0.3) is 10.9 Å². The highest BCUT2D eigenvalue weighted by atomic mass is 32.1. The summed E-state index contributed by atoms with van der Waals surface area (Å²) in [6.07, 6.45) is 9.54. The maximum absolute atomic E-state index is 13.1. The van der Waals surface area contributed by atoms with Gasteiger partial charge in [0, 0.05) is 55.4 Å². The van der Waals surface area contributed by atoms with E-state index in [1.807, 2.05) is 12.1 Å². The largest absolute Gasteiger partial charge is 0.361 e. The molecule has 34 heavy (non-hydrogen) atoms. The smallest absolute Gasteiger partial charge is 0.263 e. The molecule has 0 radical (unpaired) electrons. The summed E-state index contributed by atoms with van der Waals surface area (Å²) in [7, 11) is 0. The molecule has 1 unspecified atom stereocenters. The van der Waals surface area contributed by atoms with E-state index in [2.05, 4.69) is 66.6 Å². The molecule has 1 fully saturated rings. The fourth-order valence-corrected chi connectivity index (χ4v) is 5.45. The first-order valence-electron chi connectivity index (χ1n) is 12.0. The summed E-state index contributed by atoms with van der Waals surface area (Å²) >= 11 is 1.48. The molecule has 4 heterocycles. The van der Waals surface area contributed by atoms with Crippen molar-refractivity contribution in [2.24, 2.45) is 0 Å². The average Bonchev–Trinajstić information content (AvgIpc) is 3.64. The summed E-state index contributed by atoms with van der Waals surface area (Å²) in [4.78, 5) is 26.3. The van der Waals surface area contributed by atoms with Crippen LogP contribution in [0.15, 0.2) is 48.9 Å². The van der Waals surface area contributed by atoms with Crippen molar-refractivity contribution in [1.29, 1.82) is 0 Å². The Morgan fingerprint density at radius 2 is 2.00 bits per heavy atom. The number of hydrogen-bond donors (Lipinski definition) is 3. The van der Waals surface area contributed by atoms with Crippen LogP contribution >= 0.6 is 11.3 Å². The van der Waals surface area contributed by atoms with Gasteiger partial charge in [0.25, 0.3) is 5.91 Å². The zero-order chi connectivity index (χ0) is 23.3. The molecule has 5 rings (SSSR count). The van der Waals surface area contributed by atoms with E-state index in [0.29, 0.717) is 4.88 Å². The first-order valence-corrected chi connectivity index (χ1v) is 12.8. The van der Waals surface area contributed by atoms with Gasteiger partial charge < -0.3 is 20.1 Å². The van der Waals surface area contributed by atoms with Crippen LogP contribution in [0, 0.1) is 0 Å². The predicted octanol–water partition coefficient (Wildman–Crippen LogP) is 4.21. The van der Waals surface area contributed by atoms with Gasteiger partial charge in [-0.2, -0.15) is 5.10 Å². The topological polar surface area (TPSA) is 92.9 Å². The Kier molecular flexibility index (Phi) is 6.80. The van der Waals surface area contributed by atoms with Gasteiger partial charge in [-0.1, -0.05) is 49.3 Å². The number of nitrogens with one attached hydrogen (secondary N) is 3. The van der Waals surface area contributed by atoms with E-state index in [1.54, 1.807) is 12.4 Å². The molecule has 178 valence electrons. The van der Waals surface area contributed by atoms with Crippen LogP contribution in [0.1, 0.15) is 41.4 Å². The Bertz CT molecular complexity index is 1210. The highest BCUT2D eigenvalue weighted by Gasteiger charge is 2.23. The summed E-state index contributed by atoms with van der Waals surface area (Å²) in [5, 5.41) is 12.5. The minimum atomic E-state index is -0.0270. The molecule has 1 aliphatic heterocycles. The van der Waals surface area contributed by atoms with Crippen LogP contribution in [-0.2, 0) is 6.42 Å². The van der Waals surface area contributed by atoms with Crippen LogP contribution in [0.3, 0.4) is 0 Å². The van der Waals surface area contributed by atoms with Gasteiger partial charge in [-0.15, -0.1) is 0 Å². The standard InChI is InChI=1S/C25H31N7OS/c1-2-3-6-19(15-18-16-26-21-8-5-4-7-20(18)21)29-24(33)22-17-27-25(34-22)32-13-11-31(12-14-32)23-9-10-28-30-23/h4-5,7-10,16-17,19,26H,2-3,6,11-15H2,1H3,(H,28,30)(H,29,33). The number of anilines is 2. The third-order valence-corrected chi connectivity index (χ3v) is 7.53. The maximum Gasteiger partial charge on any atom is 0.263 e. The number of carbonyl (C=O) groups is 1. The number of rotatable bonds is 9. The van der Waals surface area contributed by atoms with E-state index in [0.717, 1.165) is 68.3 Å². The number of aromatic amines is 2.